The van der Waals surface area contributed by atoms with Crippen LogP contribution in [0.15, 0.2) is 4.99 Å². The molecule has 0 aromatic rings. The number of hydrogen-bond acceptors (Lipinski definition) is 1. The van der Waals surface area contributed by atoms with Gasteiger partial charge in [0.2, 0.25) is 0 Å². The fourth-order valence-corrected chi connectivity index (χ4v) is 1.25. The molecule has 2 unspecified atom stereocenters. The Bertz CT molecular complexity index is 138. The summed E-state index contributed by atoms with van der Waals surface area (Å²) >= 11 is 0. The number of nitrogens with zero attached hydrogens (tertiary/aromatic N) is 1. The summed E-state index contributed by atoms with van der Waals surface area (Å²) in [6.07, 6.45) is 3.65. The van der Waals surface area contributed by atoms with Crippen LogP contribution in [-0.2, 0) is 0 Å². The second kappa shape index (κ2) is 6.22. The van der Waals surface area contributed by atoms with Gasteiger partial charge in [0.25, 0.3) is 0 Å². The maximum Gasteiger partial charge on any atom is 0.0470 e. The molecule has 0 aliphatic rings. The third-order valence-electron chi connectivity index (χ3n) is 2.46. The van der Waals surface area contributed by atoms with Gasteiger partial charge >= 0.3 is 0 Å². The van der Waals surface area contributed by atoms with Gasteiger partial charge in [0.15, 0.2) is 0 Å². The van der Waals surface area contributed by atoms with Crippen molar-refractivity contribution in [3.05, 3.63) is 0 Å². The first-order chi connectivity index (χ1) is 5.61. The fourth-order valence-electron chi connectivity index (χ4n) is 1.25. The zero-order chi connectivity index (χ0) is 9.56. The summed E-state index contributed by atoms with van der Waals surface area (Å²) in [7, 11) is 0. The van der Waals surface area contributed by atoms with Crippen LogP contribution < -0.4 is 0 Å². The van der Waals surface area contributed by atoms with Crippen LogP contribution in [0, 0.1) is 5.92 Å². The largest absolute Gasteiger partial charge is 0.291 e. The summed E-state index contributed by atoms with van der Waals surface area (Å²) in [5.74, 6) is 0.657. The van der Waals surface area contributed by atoms with Crippen LogP contribution in [0.2, 0.25) is 0 Å². The highest BCUT2D eigenvalue weighted by Crippen LogP contribution is 2.07. The van der Waals surface area contributed by atoms with E-state index < -0.39 is 0 Å². The highest BCUT2D eigenvalue weighted by Gasteiger charge is 2.04. The second-order valence-electron chi connectivity index (χ2n) is 3.72. The molecule has 0 N–H and O–H groups in total. The van der Waals surface area contributed by atoms with Gasteiger partial charge in [-0.3, -0.25) is 4.99 Å². The van der Waals surface area contributed by atoms with Crippen molar-refractivity contribution in [2.75, 3.05) is 0 Å². The van der Waals surface area contributed by atoms with E-state index >= 15 is 0 Å². The van der Waals surface area contributed by atoms with Gasteiger partial charge in [0.1, 0.15) is 0 Å². The minimum absolute atomic E-state index is 0.518. The third kappa shape index (κ3) is 4.53. The van der Waals surface area contributed by atoms with Crippen LogP contribution in [0.5, 0.6) is 0 Å². The highest BCUT2D eigenvalue weighted by atomic mass is 14.8. The Balaban J connectivity index is 3.96. The maximum absolute atomic E-state index is 4.65. The molecule has 0 spiro atoms. The van der Waals surface area contributed by atoms with E-state index in [0.717, 1.165) is 0 Å². The minimum atomic E-state index is 0.518. The molecule has 0 aromatic carbocycles. The van der Waals surface area contributed by atoms with Crippen molar-refractivity contribution < 1.29 is 0 Å². The van der Waals surface area contributed by atoms with Gasteiger partial charge in [-0.25, -0.2) is 0 Å². The Morgan fingerprint density at radius 3 is 2.25 bits per heavy atom. The van der Waals surface area contributed by atoms with E-state index in [2.05, 4.69) is 39.6 Å². The molecule has 0 aliphatic carbocycles. The lowest BCUT2D eigenvalue weighted by Crippen LogP contribution is -2.09. The molecule has 0 saturated heterocycles. The summed E-state index contributed by atoms with van der Waals surface area (Å²) in [6, 6.07) is 0.518. The van der Waals surface area contributed by atoms with E-state index in [1.165, 1.54) is 25.0 Å². The molecule has 0 aliphatic heterocycles. The topological polar surface area (TPSA) is 12.4 Å². The molecule has 0 bridgehead atoms. The Kier molecular flexibility index (Phi) is 6.04. The van der Waals surface area contributed by atoms with Gasteiger partial charge in [-0.2, -0.15) is 0 Å². The first-order valence-electron chi connectivity index (χ1n) is 5.16. The lowest BCUT2D eigenvalue weighted by Gasteiger charge is -2.11. The van der Waals surface area contributed by atoms with Crippen LogP contribution in [0.1, 0.15) is 53.9 Å². The van der Waals surface area contributed by atoms with Crippen molar-refractivity contribution in [3.63, 3.8) is 0 Å². The van der Waals surface area contributed by atoms with E-state index in [1.807, 2.05) is 0 Å². The molecule has 0 fully saturated rings. The molecular formula is C11H23N. The van der Waals surface area contributed by atoms with Gasteiger partial charge in [-0.15, -0.1) is 0 Å². The van der Waals surface area contributed by atoms with E-state index in [9.17, 15) is 0 Å². The van der Waals surface area contributed by atoms with Crippen molar-refractivity contribution in [2.45, 2.75) is 59.9 Å². The minimum Gasteiger partial charge on any atom is -0.291 e. The first-order valence-corrected chi connectivity index (χ1v) is 5.16. The van der Waals surface area contributed by atoms with E-state index in [4.69, 9.17) is 0 Å². The smallest absolute Gasteiger partial charge is 0.0470 e. The van der Waals surface area contributed by atoms with Crippen molar-refractivity contribution in [1.82, 2.24) is 0 Å². The third-order valence-corrected chi connectivity index (χ3v) is 2.46. The number of aliphatic imine (C=N–C) groups is 1. The van der Waals surface area contributed by atoms with Crippen molar-refractivity contribution in [2.24, 2.45) is 10.9 Å². The SMILES string of the molecule is CCCC(C)N=C(C)C(C)CC. The zero-order valence-corrected chi connectivity index (χ0v) is 9.22. The van der Waals surface area contributed by atoms with Crippen LogP contribution in [0.4, 0.5) is 0 Å². The molecule has 2 atom stereocenters. The van der Waals surface area contributed by atoms with Crippen LogP contribution >= 0.6 is 0 Å². The summed E-state index contributed by atoms with van der Waals surface area (Å²) in [6.45, 7) is 11.0. The van der Waals surface area contributed by atoms with E-state index in [1.54, 1.807) is 0 Å². The molecular weight excluding hydrogens is 146 g/mol. The summed E-state index contributed by atoms with van der Waals surface area (Å²) in [5, 5.41) is 0. The number of hydrogen-bond donors (Lipinski definition) is 0. The average Bonchev–Trinajstić information content (AvgIpc) is 2.03. The molecule has 72 valence electrons. The molecule has 0 aromatic heterocycles. The van der Waals surface area contributed by atoms with Gasteiger partial charge in [0.05, 0.1) is 0 Å². The van der Waals surface area contributed by atoms with Gasteiger partial charge in [-0.05, 0) is 32.6 Å². The lowest BCUT2D eigenvalue weighted by molar-refractivity contribution is 0.639. The zero-order valence-electron chi connectivity index (χ0n) is 9.22. The predicted octanol–water partition coefficient (Wildman–Crippen LogP) is 3.68. The Morgan fingerprint density at radius 1 is 1.25 bits per heavy atom. The van der Waals surface area contributed by atoms with Crippen LogP contribution in [-0.4, -0.2) is 11.8 Å². The van der Waals surface area contributed by atoms with Gasteiger partial charge in [-0.1, -0.05) is 27.2 Å². The second-order valence-corrected chi connectivity index (χ2v) is 3.72. The fraction of sp³-hybridized carbons (Fsp3) is 0.909. The monoisotopic (exact) mass is 169 g/mol. The maximum atomic E-state index is 4.65. The Hall–Kier alpha value is -0.330. The summed E-state index contributed by atoms with van der Waals surface area (Å²) in [5.41, 5.74) is 1.32. The first kappa shape index (κ1) is 11.7. The molecule has 0 radical (unpaired) electrons. The normalized spacial score (nSPS) is 17.6. The average molecular weight is 169 g/mol. The molecule has 0 amide bonds. The standard InChI is InChI=1S/C11H23N/c1-6-8-10(4)12-11(5)9(3)7-2/h9-10H,6-8H2,1-5H3. The molecule has 0 rings (SSSR count). The lowest BCUT2D eigenvalue weighted by atomic mass is 10.0. The van der Waals surface area contributed by atoms with E-state index in [-0.39, 0.29) is 0 Å². The van der Waals surface area contributed by atoms with Crippen LogP contribution in [0.3, 0.4) is 0 Å². The Morgan fingerprint density at radius 2 is 1.83 bits per heavy atom. The van der Waals surface area contributed by atoms with Gasteiger partial charge in [0, 0.05) is 11.8 Å². The van der Waals surface area contributed by atoms with Crippen molar-refractivity contribution >= 4 is 5.71 Å². The quantitative estimate of drug-likeness (QED) is 0.557. The highest BCUT2D eigenvalue weighted by molar-refractivity contribution is 5.84. The Labute approximate surface area is 77.3 Å². The molecule has 1 heteroatoms. The summed E-state index contributed by atoms with van der Waals surface area (Å²) < 4.78 is 0. The molecule has 0 saturated carbocycles. The van der Waals surface area contributed by atoms with Crippen molar-refractivity contribution in [1.29, 1.82) is 0 Å². The predicted molar refractivity (Wildman–Crippen MR) is 56.9 cm³/mol. The molecule has 12 heavy (non-hydrogen) atoms. The van der Waals surface area contributed by atoms with Crippen LogP contribution in [0.25, 0.3) is 0 Å². The summed E-state index contributed by atoms with van der Waals surface area (Å²) in [4.78, 5) is 4.65. The van der Waals surface area contributed by atoms with Crippen molar-refractivity contribution in [3.8, 4) is 0 Å². The van der Waals surface area contributed by atoms with E-state index in [0.29, 0.717) is 12.0 Å². The molecule has 0 heterocycles. The molecule has 1 nitrogen and oxygen atoms in total. The van der Waals surface area contributed by atoms with Gasteiger partial charge < -0.3 is 0 Å². The number of rotatable bonds is 5.